The smallest absolute Gasteiger partial charge is 0.410 e. The van der Waals surface area contributed by atoms with Crippen molar-refractivity contribution in [2.45, 2.75) is 32.0 Å². The highest BCUT2D eigenvalue weighted by Gasteiger charge is 2.47. The number of amides is 1. The average Bonchev–Trinajstić information content (AvgIpc) is 2.33. The molecular formula is C15H18ClNO5. The van der Waals surface area contributed by atoms with Crippen molar-refractivity contribution in [1.82, 2.24) is 4.90 Å². The number of nitrogens with zero attached hydrogens (tertiary/aromatic N) is 1. The van der Waals surface area contributed by atoms with Gasteiger partial charge in [0.2, 0.25) is 0 Å². The molecule has 120 valence electrons. The number of halogens is 1. The summed E-state index contributed by atoms with van der Waals surface area (Å²) in [6.07, 6.45) is -0.525. The Balaban J connectivity index is 2.14. The zero-order chi connectivity index (χ0) is 16.7. The Morgan fingerprint density at radius 2 is 1.91 bits per heavy atom. The van der Waals surface area contributed by atoms with Crippen LogP contribution in [0.5, 0.6) is 0 Å². The van der Waals surface area contributed by atoms with Crippen LogP contribution >= 0.6 is 11.6 Å². The lowest BCUT2D eigenvalue weighted by molar-refractivity contribution is -0.103. The summed E-state index contributed by atoms with van der Waals surface area (Å²) >= 11 is 6.04. The second-order valence-electron chi connectivity index (χ2n) is 6.37. The van der Waals surface area contributed by atoms with Gasteiger partial charge in [0.15, 0.2) is 0 Å². The highest BCUT2D eigenvalue weighted by atomic mass is 35.5. The Bertz CT molecular complexity index is 617. The Hall–Kier alpha value is -1.79. The summed E-state index contributed by atoms with van der Waals surface area (Å²) in [5, 5.41) is 19.8. The number of benzene rings is 1. The molecule has 0 radical (unpaired) electrons. The molecule has 2 N–H and O–H groups in total. The van der Waals surface area contributed by atoms with Crippen LogP contribution in [0.25, 0.3) is 0 Å². The number of carboxylic acids is 1. The van der Waals surface area contributed by atoms with Gasteiger partial charge in [-0.2, -0.15) is 0 Å². The monoisotopic (exact) mass is 327 g/mol. The Kier molecular flexibility index (Phi) is 4.10. The van der Waals surface area contributed by atoms with Crippen molar-refractivity contribution in [3.8, 4) is 0 Å². The first-order chi connectivity index (χ1) is 10.0. The topological polar surface area (TPSA) is 87.1 Å². The van der Waals surface area contributed by atoms with E-state index in [1.54, 1.807) is 20.8 Å². The van der Waals surface area contributed by atoms with Crippen LogP contribution < -0.4 is 0 Å². The number of carbonyl (C=O) groups excluding carboxylic acids is 1. The highest BCUT2D eigenvalue weighted by Crippen LogP contribution is 2.37. The van der Waals surface area contributed by atoms with Crippen LogP contribution in [0.4, 0.5) is 4.79 Å². The molecule has 6 nitrogen and oxygen atoms in total. The fraction of sp³-hybridized carbons (Fsp3) is 0.467. The van der Waals surface area contributed by atoms with Gasteiger partial charge < -0.3 is 19.8 Å². The van der Waals surface area contributed by atoms with Gasteiger partial charge in [0.05, 0.1) is 18.7 Å². The quantitative estimate of drug-likeness (QED) is 0.871. The fourth-order valence-electron chi connectivity index (χ4n) is 2.23. The Labute approximate surface area is 133 Å². The normalized spacial score (nSPS) is 16.9. The minimum Gasteiger partial charge on any atom is -0.478 e. The number of likely N-dealkylation sites (tertiary alicyclic amines) is 1. The predicted molar refractivity (Wildman–Crippen MR) is 80.1 cm³/mol. The van der Waals surface area contributed by atoms with E-state index in [2.05, 4.69) is 0 Å². The van der Waals surface area contributed by atoms with Gasteiger partial charge in [-0.1, -0.05) is 11.6 Å². The number of ether oxygens (including phenoxy) is 1. The molecule has 1 aliphatic heterocycles. The first-order valence-corrected chi connectivity index (χ1v) is 7.13. The summed E-state index contributed by atoms with van der Waals surface area (Å²) in [7, 11) is 0. The van der Waals surface area contributed by atoms with Crippen molar-refractivity contribution in [2.24, 2.45) is 0 Å². The summed E-state index contributed by atoms with van der Waals surface area (Å²) in [6.45, 7) is 5.27. The van der Waals surface area contributed by atoms with Gasteiger partial charge in [0.1, 0.15) is 11.2 Å². The maximum Gasteiger partial charge on any atom is 0.410 e. The summed E-state index contributed by atoms with van der Waals surface area (Å²) in [5.41, 5.74) is -1.65. The van der Waals surface area contributed by atoms with Crippen LogP contribution in [0.15, 0.2) is 18.2 Å². The van der Waals surface area contributed by atoms with Crippen LogP contribution in [-0.4, -0.2) is 45.9 Å². The van der Waals surface area contributed by atoms with Crippen LogP contribution in [0.2, 0.25) is 5.02 Å². The summed E-state index contributed by atoms with van der Waals surface area (Å²) in [4.78, 5) is 24.2. The number of aliphatic hydroxyl groups is 1. The van der Waals surface area contributed by atoms with Crippen molar-refractivity contribution in [3.05, 3.63) is 34.3 Å². The van der Waals surface area contributed by atoms with Gasteiger partial charge in [-0.25, -0.2) is 9.59 Å². The van der Waals surface area contributed by atoms with Crippen molar-refractivity contribution in [2.75, 3.05) is 13.1 Å². The van der Waals surface area contributed by atoms with Crippen molar-refractivity contribution in [3.63, 3.8) is 0 Å². The van der Waals surface area contributed by atoms with Gasteiger partial charge in [0, 0.05) is 10.6 Å². The lowest BCUT2D eigenvalue weighted by atomic mass is 9.85. The zero-order valence-corrected chi connectivity index (χ0v) is 13.3. The van der Waals surface area contributed by atoms with Gasteiger partial charge >= 0.3 is 12.1 Å². The zero-order valence-electron chi connectivity index (χ0n) is 12.6. The van der Waals surface area contributed by atoms with Crippen molar-refractivity contribution >= 4 is 23.7 Å². The molecule has 7 heteroatoms. The van der Waals surface area contributed by atoms with Crippen molar-refractivity contribution < 1.29 is 24.5 Å². The SMILES string of the molecule is CC(C)(C)OC(=O)N1CC(O)(c2cc(C(=O)O)ccc2Cl)C1. The molecule has 0 aliphatic carbocycles. The van der Waals surface area contributed by atoms with E-state index in [-0.39, 0.29) is 23.7 Å². The largest absolute Gasteiger partial charge is 0.478 e. The van der Waals surface area contributed by atoms with E-state index in [0.717, 1.165) is 0 Å². The number of rotatable bonds is 2. The molecule has 0 unspecified atom stereocenters. The molecule has 1 aromatic carbocycles. The first-order valence-electron chi connectivity index (χ1n) is 6.75. The van der Waals surface area contributed by atoms with Gasteiger partial charge in [-0.15, -0.1) is 0 Å². The molecule has 22 heavy (non-hydrogen) atoms. The predicted octanol–water partition coefficient (Wildman–Crippen LogP) is 2.48. The maximum absolute atomic E-state index is 11.9. The molecule has 1 aliphatic rings. The molecule has 1 aromatic rings. The average molecular weight is 328 g/mol. The third-order valence-electron chi connectivity index (χ3n) is 3.27. The van der Waals surface area contributed by atoms with E-state index in [1.807, 2.05) is 0 Å². The van der Waals surface area contributed by atoms with Gasteiger partial charge in [0.25, 0.3) is 0 Å². The molecular weight excluding hydrogens is 310 g/mol. The van der Waals surface area contributed by atoms with E-state index in [0.29, 0.717) is 5.56 Å². The minimum atomic E-state index is -1.36. The van der Waals surface area contributed by atoms with E-state index in [9.17, 15) is 14.7 Å². The van der Waals surface area contributed by atoms with E-state index in [1.165, 1.54) is 23.1 Å². The molecule has 0 aromatic heterocycles. The lowest BCUT2D eigenvalue weighted by Gasteiger charge is -2.46. The van der Waals surface area contributed by atoms with E-state index >= 15 is 0 Å². The van der Waals surface area contributed by atoms with Crippen molar-refractivity contribution in [1.29, 1.82) is 0 Å². The fourth-order valence-corrected chi connectivity index (χ4v) is 2.52. The van der Waals surface area contributed by atoms with Crippen LogP contribution in [0.1, 0.15) is 36.7 Å². The molecule has 0 bridgehead atoms. The third kappa shape index (κ3) is 3.34. The number of carboxylic acid groups (broad SMARTS) is 1. The van der Waals surface area contributed by atoms with Crippen LogP contribution in [0, 0.1) is 0 Å². The Morgan fingerprint density at radius 1 is 1.32 bits per heavy atom. The second-order valence-corrected chi connectivity index (χ2v) is 6.77. The lowest BCUT2D eigenvalue weighted by Crippen LogP contribution is -2.62. The number of carbonyl (C=O) groups is 2. The molecule has 1 amide bonds. The number of aromatic carboxylic acids is 1. The third-order valence-corrected chi connectivity index (χ3v) is 3.60. The highest BCUT2D eigenvalue weighted by molar-refractivity contribution is 6.31. The maximum atomic E-state index is 11.9. The number of hydrogen-bond acceptors (Lipinski definition) is 4. The van der Waals surface area contributed by atoms with Crippen LogP contribution in [0.3, 0.4) is 0 Å². The number of hydrogen-bond donors (Lipinski definition) is 2. The molecule has 0 spiro atoms. The van der Waals surface area contributed by atoms with Crippen LogP contribution in [-0.2, 0) is 10.3 Å². The van der Waals surface area contributed by atoms with E-state index in [4.69, 9.17) is 21.4 Å². The molecule has 0 saturated carbocycles. The molecule has 1 heterocycles. The first kappa shape index (κ1) is 16.6. The molecule has 1 fully saturated rings. The standard InChI is InChI=1S/C15H18ClNO5/c1-14(2,3)22-13(20)17-7-15(21,8-17)10-6-9(12(18)19)4-5-11(10)16/h4-6,21H,7-8H2,1-3H3,(H,18,19). The summed E-state index contributed by atoms with van der Waals surface area (Å²) < 4.78 is 5.21. The summed E-state index contributed by atoms with van der Waals surface area (Å²) in [6, 6.07) is 4.12. The molecule has 2 rings (SSSR count). The Morgan fingerprint density at radius 3 is 2.41 bits per heavy atom. The van der Waals surface area contributed by atoms with Gasteiger partial charge in [-0.3, -0.25) is 0 Å². The van der Waals surface area contributed by atoms with E-state index < -0.39 is 23.3 Å². The van der Waals surface area contributed by atoms with Gasteiger partial charge in [-0.05, 0) is 39.0 Å². The second kappa shape index (κ2) is 5.44. The summed E-state index contributed by atoms with van der Waals surface area (Å²) in [5.74, 6) is -1.11. The molecule has 0 atom stereocenters. The minimum absolute atomic E-state index is 0.00467. The number of β-amino-alcohol motifs (C(OH)–C–C–N with tert-alkyl or cyclic N) is 1. The molecule has 1 saturated heterocycles.